The third-order valence-corrected chi connectivity index (χ3v) is 5.62. The second-order valence-electron chi connectivity index (χ2n) is 7.87. The molecular weight excluding hydrogens is 334 g/mol. The molecule has 1 aromatic heterocycles. The summed E-state index contributed by atoms with van der Waals surface area (Å²) in [4.78, 5) is 17.2. The number of amides is 1. The van der Waals surface area contributed by atoms with Crippen molar-refractivity contribution in [3.05, 3.63) is 54.4 Å². The van der Waals surface area contributed by atoms with Crippen molar-refractivity contribution in [1.29, 1.82) is 0 Å². The Bertz CT molecular complexity index is 685. The number of unbranched alkanes of at least 4 members (excludes halogenated alkanes) is 1. The minimum Gasteiger partial charge on any atom is -0.342 e. The molecule has 146 valence electrons. The number of piperidine rings is 1. The molecular formula is C23H33N3O. The average Bonchev–Trinajstić information content (AvgIpc) is 3.22. The minimum atomic E-state index is 0.265. The van der Waals surface area contributed by atoms with Gasteiger partial charge in [0.25, 0.3) is 0 Å². The predicted molar refractivity (Wildman–Crippen MR) is 111 cm³/mol. The lowest BCUT2D eigenvalue weighted by Crippen LogP contribution is -2.41. The molecule has 2 aromatic rings. The van der Waals surface area contributed by atoms with Crippen LogP contribution < -0.4 is 0 Å². The van der Waals surface area contributed by atoms with Crippen LogP contribution in [0.5, 0.6) is 0 Å². The second kappa shape index (κ2) is 9.75. The van der Waals surface area contributed by atoms with Crippen LogP contribution in [-0.2, 0) is 11.2 Å². The van der Waals surface area contributed by atoms with Crippen LogP contribution >= 0.6 is 0 Å². The van der Waals surface area contributed by atoms with E-state index < -0.39 is 0 Å². The number of aromatic nitrogens is 1. The van der Waals surface area contributed by atoms with Crippen molar-refractivity contribution in [1.82, 2.24) is 14.4 Å². The van der Waals surface area contributed by atoms with Gasteiger partial charge >= 0.3 is 0 Å². The van der Waals surface area contributed by atoms with E-state index in [-0.39, 0.29) is 5.91 Å². The minimum absolute atomic E-state index is 0.265. The van der Waals surface area contributed by atoms with Crippen LogP contribution in [0.1, 0.15) is 38.2 Å². The van der Waals surface area contributed by atoms with Crippen molar-refractivity contribution in [2.45, 2.75) is 39.0 Å². The molecule has 1 aliphatic heterocycles. The Kier molecular flexibility index (Phi) is 7.11. The highest BCUT2D eigenvalue weighted by atomic mass is 16.2. The first-order chi connectivity index (χ1) is 13.2. The van der Waals surface area contributed by atoms with Gasteiger partial charge in [-0.05, 0) is 68.6 Å². The molecule has 0 saturated carbocycles. The van der Waals surface area contributed by atoms with Gasteiger partial charge in [0.05, 0.1) is 6.42 Å². The molecule has 1 aliphatic rings. The molecule has 0 unspecified atom stereocenters. The quantitative estimate of drug-likeness (QED) is 0.706. The fourth-order valence-electron chi connectivity index (χ4n) is 3.90. The summed E-state index contributed by atoms with van der Waals surface area (Å²) in [6, 6.07) is 12.3. The van der Waals surface area contributed by atoms with Gasteiger partial charge in [-0.1, -0.05) is 25.5 Å². The van der Waals surface area contributed by atoms with Crippen LogP contribution in [0.15, 0.2) is 48.8 Å². The van der Waals surface area contributed by atoms with Crippen molar-refractivity contribution in [2.24, 2.45) is 5.92 Å². The smallest absolute Gasteiger partial charge is 0.226 e. The second-order valence-corrected chi connectivity index (χ2v) is 7.87. The van der Waals surface area contributed by atoms with Crippen LogP contribution in [0.25, 0.3) is 5.69 Å². The van der Waals surface area contributed by atoms with E-state index in [1.807, 2.05) is 24.5 Å². The van der Waals surface area contributed by atoms with Gasteiger partial charge in [0.1, 0.15) is 0 Å². The number of carbonyl (C=O) groups excluding carboxylic acids is 1. The number of hydrogen-bond donors (Lipinski definition) is 0. The molecule has 4 nitrogen and oxygen atoms in total. The SMILES string of the molecule is CCCCN(C)CC1CCN(C(=O)Cc2ccc(-n3cccc3)cc2)CC1. The lowest BCUT2D eigenvalue weighted by Gasteiger charge is -2.34. The zero-order valence-electron chi connectivity index (χ0n) is 16.8. The maximum absolute atomic E-state index is 12.7. The molecule has 0 aliphatic carbocycles. The summed E-state index contributed by atoms with van der Waals surface area (Å²) in [6.07, 6.45) is 9.37. The number of rotatable bonds is 8. The van der Waals surface area contributed by atoms with E-state index in [4.69, 9.17) is 0 Å². The van der Waals surface area contributed by atoms with Crippen LogP contribution in [0.4, 0.5) is 0 Å². The predicted octanol–water partition coefficient (Wildman–Crippen LogP) is 3.99. The van der Waals surface area contributed by atoms with Gasteiger partial charge in [-0.3, -0.25) is 4.79 Å². The van der Waals surface area contributed by atoms with Gasteiger partial charge in [-0.25, -0.2) is 0 Å². The third-order valence-electron chi connectivity index (χ3n) is 5.62. The van der Waals surface area contributed by atoms with Gasteiger partial charge in [0, 0.05) is 37.7 Å². The molecule has 2 heterocycles. The lowest BCUT2D eigenvalue weighted by molar-refractivity contribution is -0.131. The van der Waals surface area contributed by atoms with Gasteiger partial charge in [-0.15, -0.1) is 0 Å². The standard InChI is InChI=1S/C23H33N3O/c1-3-4-13-24(2)19-21-11-16-26(17-12-21)23(27)18-20-7-9-22(10-8-20)25-14-5-6-15-25/h5-10,14-15,21H,3-4,11-13,16-19H2,1-2H3. The molecule has 0 atom stereocenters. The third kappa shape index (κ3) is 5.70. The Balaban J connectivity index is 1.44. The molecule has 1 aromatic carbocycles. The summed E-state index contributed by atoms with van der Waals surface area (Å²) >= 11 is 0. The fourth-order valence-corrected chi connectivity index (χ4v) is 3.90. The largest absolute Gasteiger partial charge is 0.342 e. The van der Waals surface area contributed by atoms with Crippen molar-refractivity contribution < 1.29 is 4.79 Å². The summed E-state index contributed by atoms with van der Waals surface area (Å²) in [5.41, 5.74) is 2.22. The normalized spacial score (nSPS) is 15.4. The topological polar surface area (TPSA) is 28.5 Å². The number of likely N-dealkylation sites (tertiary alicyclic amines) is 1. The van der Waals surface area contributed by atoms with E-state index in [2.05, 4.69) is 52.6 Å². The van der Waals surface area contributed by atoms with E-state index in [1.165, 1.54) is 25.9 Å². The van der Waals surface area contributed by atoms with Crippen molar-refractivity contribution in [3.8, 4) is 5.69 Å². The van der Waals surface area contributed by atoms with Gasteiger partial charge in [0.2, 0.25) is 5.91 Å². The highest BCUT2D eigenvalue weighted by molar-refractivity contribution is 5.78. The maximum Gasteiger partial charge on any atom is 0.226 e. The number of hydrogen-bond acceptors (Lipinski definition) is 2. The first kappa shape index (κ1) is 19.7. The Morgan fingerprint density at radius 2 is 1.78 bits per heavy atom. The Morgan fingerprint density at radius 1 is 1.11 bits per heavy atom. The van der Waals surface area contributed by atoms with Crippen molar-refractivity contribution in [2.75, 3.05) is 33.2 Å². The van der Waals surface area contributed by atoms with E-state index in [1.54, 1.807) is 0 Å². The summed E-state index contributed by atoms with van der Waals surface area (Å²) in [6.45, 7) is 6.42. The summed E-state index contributed by atoms with van der Waals surface area (Å²) < 4.78 is 2.08. The number of carbonyl (C=O) groups is 1. The van der Waals surface area contributed by atoms with Crippen LogP contribution in [0, 0.1) is 5.92 Å². The lowest BCUT2D eigenvalue weighted by atomic mass is 9.95. The molecule has 0 radical (unpaired) electrons. The Hall–Kier alpha value is -2.07. The Labute approximate surface area is 163 Å². The molecule has 1 saturated heterocycles. The van der Waals surface area contributed by atoms with Crippen molar-refractivity contribution in [3.63, 3.8) is 0 Å². The molecule has 3 rings (SSSR count). The highest BCUT2D eigenvalue weighted by Gasteiger charge is 2.23. The highest BCUT2D eigenvalue weighted by Crippen LogP contribution is 2.19. The molecule has 1 fully saturated rings. The van der Waals surface area contributed by atoms with Crippen LogP contribution in [0.2, 0.25) is 0 Å². The Morgan fingerprint density at radius 3 is 2.41 bits per heavy atom. The fraction of sp³-hybridized carbons (Fsp3) is 0.522. The van der Waals surface area contributed by atoms with E-state index in [9.17, 15) is 4.79 Å². The van der Waals surface area contributed by atoms with E-state index in [0.29, 0.717) is 6.42 Å². The zero-order valence-corrected chi connectivity index (χ0v) is 16.8. The van der Waals surface area contributed by atoms with E-state index in [0.717, 1.165) is 43.1 Å². The van der Waals surface area contributed by atoms with Crippen LogP contribution in [-0.4, -0.2) is 53.5 Å². The van der Waals surface area contributed by atoms with Crippen molar-refractivity contribution >= 4 is 5.91 Å². The van der Waals surface area contributed by atoms with Crippen LogP contribution in [0.3, 0.4) is 0 Å². The molecule has 0 N–H and O–H groups in total. The summed E-state index contributed by atoms with van der Waals surface area (Å²) in [5.74, 6) is 0.998. The average molecular weight is 368 g/mol. The molecule has 1 amide bonds. The van der Waals surface area contributed by atoms with Gasteiger partial charge in [-0.2, -0.15) is 0 Å². The molecule has 0 spiro atoms. The molecule has 0 bridgehead atoms. The van der Waals surface area contributed by atoms with Gasteiger partial charge in [0.15, 0.2) is 0 Å². The first-order valence-electron chi connectivity index (χ1n) is 10.3. The maximum atomic E-state index is 12.7. The summed E-state index contributed by atoms with van der Waals surface area (Å²) in [5, 5.41) is 0. The molecule has 27 heavy (non-hydrogen) atoms. The monoisotopic (exact) mass is 367 g/mol. The summed E-state index contributed by atoms with van der Waals surface area (Å²) in [7, 11) is 2.23. The number of nitrogens with zero attached hydrogens (tertiary/aromatic N) is 3. The first-order valence-corrected chi connectivity index (χ1v) is 10.3. The van der Waals surface area contributed by atoms with E-state index >= 15 is 0 Å². The van der Waals surface area contributed by atoms with Gasteiger partial charge < -0.3 is 14.4 Å². The molecule has 4 heteroatoms. The number of benzene rings is 1. The zero-order chi connectivity index (χ0) is 19.1.